The van der Waals surface area contributed by atoms with Crippen LogP contribution in [0.15, 0.2) is 18.2 Å². The van der Waals surface area contributed by atoms with Gasteiger partial charge in [-0.3, -0.25) is 0 Å². The minimum Gasteiger partial charge on any atom is -0.465 e. The Bertz CT molecular complexity index is 833. The number of nitrogens with one attached hydrogen (secondary N) is 2. The fraction of sp³-hybridized carbons (Fsp3) is 0.680. The van der Waals surface area contributed by atoms with Crippen molar-refractivity contribution in [2.24, 2.45) is 17.6 Å². The van der Waals surface area contributed by atoms with Gasteiger partial charge in [-0.2, -0.15) is 0 Å². The van der Waals surface area contributed by atoms with E-state index in [1.807, 2.05) is 0 Å². The maximum Gasteiger partial charge on any atom is 0.404 e. The van der Waals surface area contributed by atoms with Gasteiger partial charge in [-0.25, -0.2) is 18.4 Å². The first-order chi connectivity index (χ1) is 17.3. The van der Waals surface area contributed by atoms with Gasteiger partial charge in [-0.05, 0) is 55.7 Å². The number of urea groups is 1. The molecule has 11 heteroatoms. The summed E-state index contributed by atoms with van der Waals surface area (Å²) in [5, 5.41) is 13.9. The van der Waals surface area contributed by atoms with Crippen molar-refractivity contribution in [2.45, 2.75) is 50.7 Å². The minimum absolute atomic E-state index is 0.0253. The molecule has 4 atom stereocenters. The molecule has 0 saturated carbocycles. The van der Waals surface area contributed by atoms with Crippen LogP contribution < -0.4 is 16.4 Å². The number of carbonyl (C=O) groups excluding carboxylic acids is 1. The van der Waals surface area contributed by atoms with Crippen molar-refractivity contribution in [2.75, 3.05) is 46.0 Å². The SMILES string of the molecule is N[C@@H](CNC(=O)N1CCC[C@@H](C(OCCNC(=O)O)c2cc(F)cc(F)c2)C1)C[C@H]1CCCCOC1. The highest BCUT2D eigenvalue weighted by molar-refractivity contribution is 5.74. The number of nitrogens with zero attached hydrogens (tertiary/aromatic N) is 1. The zero-order chi connectivity index (χ0) is 25.9. The Kier molecular flexibility index (Phi) is 11.1. The van der Waals surface area contributed by atoms with Crippen molar-refractivity contribution < 1.29 is 33.0 Å². The standard InChI is InChI=1S/C25H38F2N4O5/c26-20-11-19(12-21(27)13-20)23(36-9-6-29-25(33)34)18-5-3-7-31(15-18)24(32)30-14-22(28)10-17-4-1-2-8-35-16-17/h11-13,17-18,22-23,29H,1-10,14-16,28H2,(H,30,32)(H,33,34)/t17-,18-,22-,23?/m1/s1. The molecule has 202 valence electrons. The van der Waals surface area contributed by atoms with Crippen molar-refractivity contribution in [3.05, 3.63) is 35.4 Å². The molecule has 9 nitrogen and oxygen atoms in total. The van der Waals surface area contributed by atoms with Crippen LogP contribution in [0, 0.1) is 23.5 Å². The van der Waals surface area contributed by atoms with E-state index in [-0.39, 0.29) is 31.1 Å². The van der Waals surface area contributed by atoms with Crippen molar-refractivity contribution in [3.63, 3.8) is 0 Å². The lowest BCUT2D eigenvalue weighted by molar-refractivity contribution is -0.00867. The Morgan fingerprint density at radius 3 is 2.69 bits per heavy atom. The number of nitrogens with two attached hydrogens (primary N) is 1. The molecule has 2 aliphatic rings. The van der Waals surface area contributed by atoms with Crippen LogP contribution in [0.25, 0.3) is 0 Å². The van der Waals surface area contributed by atoms with Gasteiger partial charge in [0.25, 0.3) is 0 Å². The monoisotopic (exact) mass is 512 g/mol. The molecule has 0 radical (unpaired) electrons. The summed E-state index contributed by atoms with van der Waals surface area (Å²) < 4.78 is 39.4. The predicted octanol–water partition coefficient (Wildman–Crippen LogP) is 3.25. The van der Waals surface area contributed by atoms with Crippen LogP contribution in [0.2, 0.25) is 0 Å². The number of carboxylic acid groups (broad SMARTS) is 1. The maximum atomic E-state index is 13.9. The van der Waals surface area contributed by atoms with Gasteiger partial charge in [0.2, 0.25) is 0 Å². The molecule has 2 aliphatic heterocycles. The number of ether oxygens (including phenoxy) is 2. The van der Waals surface area contributed by atoms with E-state index in [4.69, 9.17) is 20.3 Å². The molecule has 0 bridgehead atoms. The Morgan fingerprint density at radius 2 is 1.94 bits per heavy atom. The first kappa shape index (κ1) is 28.1. The van der Waals surface area contributed by atoms with Gasteiger partial charge in [-0.15, -0.1) is 0 Å². The Balaban J connectivity index is 1.57. The van der Waals surface area contributed by atoms with Crippen molar-refractivity contribution in [1.82, 2.24) is 15.5 Å². The summed E-state index contributed by atoms with van der Waals surface area (Å²) in [4.78, 5) is 25.3. The summed E-state index contributed by atoms with van der Waals surface area (Å²) >= 11 is 0. The van der Waals surface area contributed by atoms with E-state index in [1.165, 1.54) is 12.1 Å². The lowest BCUT2D eigenvalue weighted by Crippen LogP contribution is -2.49. The number of likely N-dealkylation sites (tertiary alicyclic amines) is 1. The Hall–Kier alpha value is -2.50. The maximum absolute atomic E-state index is 13.9. The zero-order valence-electron chi connectivity index (χ0n) is 20.6. The lowest BCUT2D eigenvalue weighted by atomic mass is 9.88. The second-order valence-corrected chi connectivity index (χ2v) is 9.69. The first-order valence-corrected chi connectivity index (χ1v) is 12.7. The molecule has 5 N–H and O–H groups in total. The molecular weight excluding hydrogens is 474 g/mol. The fourth-order valence-electron chi connectivity index (χ4n) is 5.03. The summed E-state index contributed by atoms with van der Waals surface area (Å²) in [6.45, 7) is 2.81. The molecule has 1 aromatic rings. The highest BCUT2D eigenvalue weighted by Gasteiger charge is 2.32. The van der Waals surface area contributed by atoms with Crippen molar-refractivity contribution in [3.8, 4) is 0 Å². The average molecular weight is 513 g/mol. The summed E-state index contributed by atoms with van der Waals surface area (Å²) in [5.74, 6) is -1.26. The van der Waals surface area contributed by atoms with Crippen LogP contribution in [0.3, 0.4) is 0 Å². The number of benzene rings is 1. The molecular formula is C25H38F2N4O5. The molecule has 3 rings (SSSR count). The molecule has 0 spiro atoms. The Morgan fingerprint density at radius 1 is 1.17 bits per heavy atom. The number of hydrogen-bond acceptors (Lipinski definition) is 5. The molecule has 1 unspecified atom stereocenters. The van der Waals surface area contributed by atoms with E-state index in [9.17, 15) is 18.4 Å². The van der Waals surface area contributed by atoms with Gasteiger partial charge in [0.15, 0.2) is 0 Å². The Labute approximate surface area is 210 Å². The van der Waals surface area contributed by atoms with E-state index in [0.29, 0.717) is 50.6 Å². The highest BCUT2D eigenvalue weighted by Crippen LogP contribution is 2.33. The second kappa shape index (κ2) is 14.3. The molecule has 2 heterocycles. The third-order valence-electron chi connectivity index (χ3n) is 6.72. The summed E-state index contributed by atoms with van der Waals surface area (Å²) in [6.07, 6.45) is 3.59. The average Bonchev–Trinajstić information content (AvgIpc) is 3.10. The fourth-order valence-corrected chi connectivity index (χ4v) is 5.03. The number of amides is 3. The van der Waals surface area contributed by atoms with Crippen LogP contribution in [0.4, 0.5) is 18.4 Å². The van der Waals surface area contributed by atoms with Crippen LogP contribution in [-0.2, 0) is 9.47 Å². The van der Waals surface area contributed by atoms with Gasteiger partial charge < -0.3 is 35.8 Å². The number of hydrogen-bond donors (Lipinski definition) is 4. The molecule has 2 saturated heterocycles. The third kappa shape index (κ3) is 9.18. The van der Waals surface area contributed by atoms with Crippen LogP contribution in [-0.4, -0.2) is 74.2 Å². The molecule has 0 aliphatic carbocycles. The molecule has 0 aromatic heterocycles. The normalized spacial score (nSPS) is 22.4. The van der Waals surface area contributed by atoms with Gasteiger partial charge in [0.1, 0.15) is 11.6 Å². The van der Waals surface area contributed by atoms with Gasteiger partial charge in [-0.1, -0.05) is 6.42 Å². The van der Waals surface area contributed by atoms with Gasteiger partial charge >= 0.3 is 12.1 Å². The van der Waals surface area contributed by atoms with E-state index in [1.54, 1.807) is 4.90 Å². The quantitative estimate of drug-likeness (QED) is 0.357. The third-order valence-corrected chi connectivity index (χ3v) is 6.72. The van der Waals surface area contributed by atoms with E-state index in [0.717, 1.165) is 38.4 Å². The summed E-state index contributed by atoms with van der Waals surface area (Å²) in [6, 6.07) is 2.82. The minimum atomic E-state index is -1.18. The van der Waals surface area contributed by atoms with Crippen LogP contribution in [0.5, 0.6) is 0 Å². The largest absolute Gasteiger partial charge is 0.465 e. The smallest absolute Gasteiger partial charge is 0.404 e. The number of halogens is 2. The topological polar surface area (TPSA) is 126 Å². The second-order valence-electron chi connectivity index (χ2n) is 9.69. The van der Waals surface area contributed by atoms with E-state index in [2.05, 4.69) is 10.6 Å². The first-order valence-electron chi connectivity index (χ1n) is 12.7. The lowest BCUT2D eigenvalue weighted by Gasteiger charge is -2.37. The van der Waals surface area contributed by atoms with Crippen molar-refractivity contribution >= 4 is 12.1 Å². The number of rotatable bonds is 10. The summed E-state index contributed by atoms with van der Waals surface area (Å²) in [5.41, 5.74) is 6.60. The van der Waals surface area contributed by atoms with Crippen LogP contribution >= 0.6 is 0 Å². The van der Waals surface area contributed by atoms with Gasteiger partial charge in [0, 0.05) is 57.4 Å². The number of carbonyl (C=O) groups is 2. The number of piperidine rings is 1. The molecule has 2 fully saturated rings. The van der Waals surface area contributed by atoms with E-state index >= 15 is 0 Å². The molecule has 1 aromatic carbocycles. The van der Waals surface area contributed by atoms with Crippen molar-refractivity contribution in [1.29, 1.82) is 0 Å². The summed E-state index contributed by atoms with van der Waals surface area (Å²) in [7, 11) is 0. The molecule has 3 amide bonds. The highest BCUT2D eigenvalue weighted by atomic mass is 19.1. The van der Waals surface area contributed by atoms with Gasteiger partial charge in [0.05, 0.1) is 12.7 Å². The van der Waals surface area contributed by atoms with E-state index < -0.39 is 23.8 Å². The van der Waals surface area contributed by atoms with Crippen LogP contribution in [0.1, 0.15) is 50.2 Å². The zero-order valence-corrected chi connectivity index (χ0v) is 20.6. The predicted molar refractivity (Wildman–Crippen MR) is 130 cm³/mol. The molecule has 36 heavy (non-hydrogen) atoms.